The highest BCUT2D eigenvalue weighted by Gasteiger charge is 2.23. The predicted octanol–water partition coefficient (Wildman–Crippen LogP) is 2.20. The van der Waals surface area contributed by atoms with Gasteiger partial charge in [0.2, 0.25) is 5.91 Å². The van der Waals surface area contributed by atoms with Crippen molar-refractivity contribution in [1.29, 1.82) is 0 Å². The molecule has 1 N–H and O–H groups in total. The molecule has 0 saturated heterocycles. The van der Waals surface area contributed by atoms with Crippen LogP contribution in [-0.4, -0.2) is 34.0 Å². The highest BCUT2D eigenvalue weighted by Crippen LogP contribution is 2.20. The summed E-state index contributed by atoms with van der Waals surface area (Å²) in [6.45, 7) is 1.85. The van der Waals surface area contributed by atoms with Crippen LogP contribution in [0.3, 0.4) is 0 Å². The van der Waals surface area contributed by atoms with Crippen molar-refractivity contribution in [2.45, 2.75) is 25.5 Å². The number of carbonyl (C=O) groups excluding carboxylic acids is 1. The predicted molar refractivity (Wildman–Crippen MR) is 81.6 cm³/mol. The highest BCUT2D eigenvalue weighted by molar-refractivity contribution is 5.78. The maximum Gasteiger partial charge on any atom is 0.227 e. The van der Waals surface area contributed by atoms with Crippen LogP contribution in [0.2, 0.25) is 0 Å². The summed E-state index contributed by atoms with van der Waals surface area (Å²) in [7, 11) is 1.72. The standard InChI is InChI=1S/C17H20N2O2/c1-13(17(21)15-8-4-3-5-9-15)19(2)16(20)11-14-7-6-10-18-12-14/h3-10,12-13,17,21H,11H2,1-2H3/t13-,17+/m0/s1. The van der Waals surface area contributed by atoms with Crippen molar-refractivity contribution >= 4 is 5.91 Å². The third-order valence-corrected chi connectivity index (χ3v) is 3.68. The molecule has 1 aromatic carbocycles. The number of aliphatic hydroxyl groups is 1. The van der Waals surface area contributed by atoms with Crippen LogP contribution in [0.1, 0.15) is 24.2 Å². The minimum Gasteiger partial charge on any atom is -0.386 e. The highest BCUT2D eigenvalue weighted by atomic mass is 16.3. The van der Waals surface area contributed by atoms with Crippen LogP contribution in [0.5, 0.6) is 0 Å². The lowest BCUT2D eigenvalue weighted by Gasteiger charge is -2.29. The van der Waals surface area contributed by atoms with Crippen LogP contribution in [-0.2, 0) is 11.2 Å². The Labute approximate surface area is 125 Å². The van der Waals surface area contributed by atoms with E-state index < -0.39 is 6.10 Å². The molecule has 110 valence electrons. The van der Waals surface area contributed by atoms with Crippen molar-refractivity contribution in [2.24, 2.45) is 0 Å². The molecule has 4 nitrogen and oxygen atoms in total. The van der Waals surface area contributed by atoms with Gasteiger partial charge in [0.25, 0.3) is 0 Å². The monoisotopic (exact) mass is 284 g/mol. The Morgan fingerprint density at radius 2 is 1.95 bits per heavy atom. The summed E-state index contributed by atoms with van der Waals surface area (Å²) in [5.41, 5.74) is 1.68. The van der Waals surface area contributed by atoms with Crippen molar-refractivity contribution in [1.82, 2.24) is 9.88 Å². The number of amides is 1. The number of hydrogen-bond donors (Lipinski definition) is 1. The third kappa shape index (κ3) is 3.89. The Morgan fingerprint density at radius 3 is 2.57 bits per heavy atom. The first-order chi connectivity index (χ1) is 10.1. The van der Waals surface area contributed by atoms with E-state index in [-0.39, 0.29) is 18.4 Å². The number of rotatable bonds is 5. The number of aromatic nitrogens is 1. The van der Waals surface area contributed by atoms with Gasteiger partial charge >= 0.3 is 0 Å². The van der Waals surface area contributed by atoms with Gasteiger partial charge in [-0.15, -0.1) is 0 Å². The zero-order valence-corrected chi connectivity index (χ0v) is 12.3. The van der Waals surface area contributed by atoms with E-state index in [1.807, 2.05) is 49.4 Å². The van der Waals surface area contributed by atoms with E-state index >= 15 is 0 Å². The van der Waals surface area contributed by atoms with Gasteiger partial charge in [-0.1, -0.05) is 36.4 Å². The topological polar surface area (TPSA) is 53.4 Å². The molecule has 0 radical (unpaired) electrons. The van der Waals surface area contributed by atoms with Crippen LogP contribution in [0.4, 0.5) is 0 Å². The van der Waals surface area contributed by atoms with E-state index in [1.165, 1.54) is 0 Å². The van der Waals surface area contributed by atoms with Gasteiger partial charge in [0.1, 0.15) is 0 Å². The Kier molecular flexibility index (Phi) is 5.06. The van der Waals surface area contributed by atoms with E-state index in [2.05, 4.69) is 4.98 Å². The number of carbonyl (C=O) groups is 1. The zero-order chi connectivity index (χ0) is 15.2. The summed E-state index contributed by atoms with van der Waals surface area (Å²) in [6, 6.07) is 12.8. The van der Waals surface area contributed by atoms with Crippen LogP contribution in [0, 0.1) is 0 Å². The van der Waals surface area contributed by atoms with E-state index in [1.54, 1.807) is 24.3 Å². The average molecular weight is 284 g/mol. The summed E-state index contributed by atoms with van der Waals surface area (Å²) in [5.74, 6) is -0.0366. The first-order valence-electron chi connectivity index (χ1n) is 6.97. The summed E-state index contributed by atoms with van der Waals surface area (Å²) in [5, 5.41) is 10.4. The molecular formula is C17H20N2O2. The zero-order valence-electron chi connectivity index (χ0n) is 12.3. The van der Waals surface area contributed by atoms with Gasteiger partial charge in [-0.25, -0.2) is 0 Å². The van der Waals surface area contributed by atoms with Crippen molar-refractivity contribution < 1.29 is 9.90 Å². The molecule has 0 spiro atoms. The summed E-state index contributed by atoms with van der Waals surface area (Å²) in [6.07, 6.45) is 2.95. The summed E-state index contributed by atoms with van der Waals surface area (Å²) >= 11 is 0. The largest absolute Gasteiger partial charge is 0.386 e. The quantitative estimate of drug-likeness (QED) is 0.916. The number of aliphatic hydroxyl groups excluding tert-OH is 1. The Balaban J connectivity index is 2.01. The fraction of sp³-hybridized carbons (Fsp3) is 0.294. The normalized spacial score (nSPS) is 13.5. The van der Waals surface area contributed by atoms with Crippen LogP contribution >= 0.6 is 0 Å². The number of nitrogens with zero attached hydrogens (tertiary/aromatic N) is 2. The van der Waals surface area contributed by atoms with E-state index in [4.69, 9.17) is 0 Å². The molecule has 0 unspecified atom stereocenters. The molecule has 0 fully saturated rings. The summed E-state index contributed by atoms with van der Waals surface area (Å²) in [4.78, 5) is 17.9. The molecule has 1 aromatic heterocycles. The SMILES string of the molecule is C[C@@H]([C@@H](O)c1ccccc1)N(C)C(=O)Cc1cccnc1. The molecule has 2 rings (SSSR count). The van der Waals surface area contributed by atoms with Crippen molar-refractivity contribution in [3.63, 3.8) is 0 Å². The van der Waals surface area contributed by atoms with Gasteiger partial charge in [-0.2, -0.15) is 0 Å². The maximum atomic E-state index is 12.3. The lowest BCUT2D eigenvalue weighted by molar-refractivity contribution is -0.133. The Hall–Kier alpha value is -2.20. The fourth-order valence-electron chi connectivity index (χ4n) is 2.17. The second-order valence-electron chi connectivity index (χ2n) is 5.14. The molecule has 0 aliphatic heterocycles. The van der Waals surface area contributed by atoms with Crippen molar-refractivity contribution in [3.8, 4) is 0 Å². The first-order valence-corrected chi connectivity index (χ1v) is 6.97. The van der Waals surface area contributed by atoms with E-state index in [0.29, 0.717) is 0 Å². The molecule has 1 amide bonds. The van der Waals surface area contributed by atoms with Gasteiger partial charge < -0.3 is 10.0 Å². The molecule has 2 atom stereocenters. The van der Waals surface area contributed by atoms with Crippen molar-refractivity contribution in [2.75, 3.05) is 7.05 Å². The number of pyridine rings is 1. The Bertz CT molecular complexity index is 572. The molecule has 0 saturated carbocycles. The van der Waals surface area contributed by atoms with E-state index in [9.17, 15) is 9.90 Å². The maximum absolute atomic E-state index is 12.3. The average Bonchev–Trinajstić information content (AvgIpc) is 2.54. The summed E-state index contributed by atoms with van der Waals surface area (Å²) < 4.78 is 0. The van der Waals surface area contributed by atoms with Crippen LogP contribution in [0.15, 0.2) is 54.9 Å². The molecule has 2 aromatic rings. The fourth-order valence-corrected chi connectivity index (χ4v) is 2.17. The Morgan fingerprint density at radius 1 is 1.24 bits per heavy atom. The molecule has 0 aliphatic carbocycles. The third-order valence-electron chi connectivity index (χ3n) is 3.68. The van der Waals surface area contributed by atoms with Gasteiger partial charge in [-0.05, 0) is 24.1 Å². The first kappa shape index (κ1) is 15.2. The second-order valence-corrected chi connectivity index (χ2v) is 5.14. The van der Waals surface area contributed by atoms with Gasteiger partial charge in [0, 0.05) is 19.4 Å². The van der Waals surface area contributed by atoms with Crippen molar-refractivity contribution in [3.05, 3.63) is 66.0 Å². The second kappa shape index (κ2) is 6.99. The van der Waals surface area contributed by atoms with Crippen LogP contribution < -0.4 is 0 Å². The van der Waals surface area contributed by atoms with Gasteiger partial charge in [0.05, 0.1) is 18.6 Å². The smallest absolute Gasteiger partial charge is 0.227 e. The molecule has 4 heteroatoms. The molecule has 1 heterocycles. The number of likely N-dealkylation sites (N-methyl/N-ethyl adjacent to an activating group) is 1. The van der Waals surface area contributed by atoms with Gasteiger partial charge in [-0.3, -0.25) is 9.78 Å². The number of benzene rings is 1. The minimum atomic E-state index is -0.700. The molecule has 21 heavy (non-hydrogen) atoms. The lowest BCUT2D eigenvalue weighted by atomic mass is 10.0. The van der Waals surface area contributed by atoms with E-state index in [0.717, 1.165) is 11.1 Å². The molecule has 0 aliphatic rings. The number of hydrogen-bond acceptors (Lipinski definition) is 3. The molecular weight excluding hydrogens is 264 g/mol. The van der Waals surface area contributed by atoms with Gasteiger partial charge in [0.15, 0.2) is 0 Å². The molecule has 0 bridgehead atoms. The minimum absolute atomic E-state index is 0.0366. The van der Waals surface area contributed by atoms with Crippen LogP contribution in [0.25, 0.3) is 0 Å². The lowest BCUT2D eigenvalue weighted by Crippen LogP contribution is -2.39.